The topological polar surface area (TPSA) is 26.3 Å². The van der Waals surface area contributed by atoms with Gasteiger partial charge in [0.05, 0.1) is 0 Å². The molecule has 18 heavy (non-hydrogen) atoms. The van der Waals surface area contributed by atoms with Crippen molar-refractivity contribution in [2.75, 3.05) is 0 Å². The van der Waals surface area contributed by atoms with Crippen LogP contribution in [0.5, 0.6) is 0 Å². The molecule has 0 N–H and O–H groups in total. The van der Waals surface area contributed by atoms with Crippen molar-refractivity contribution in [2.45, 2.75) is 60.0 Å². The summed E-state index contributed by atoms with van der Waals surface area (Å²) in [7, 11) is 0. The molecule has 0 spiro atoms. The number of carbonyl (C=O) groups excluding carboxylic acids is 1. The van der Waals surface area contributed by atoms with E-state index < -0.39 is 0 Å². The summed E-state index contributed by atoms with van der Waals surface area (Å²) in [6.45, 7) is 10.7. The summed E-state index contributed by atoms with van der Waals surface area (Å²) in [5, 5.41) is 0. The maximum atomic E-state index is 10.8. The lowest BCUT2D eigenvalue weighted by molar-refractivity contribution is -0.145. The molecule has 4 atom stereocenters. The van der Waals surface area contributed by atoms with Crippen LogP contribution in [0.15, 0.2) is 12.2 Å². The van der Waals surface area contributed by atoms with Crippen molar-refractivity contribution >= 4 is 5.97 Å². The number of rotatable bonds is 4. The Kier molecular flexibility index (Phi) is 3.33. The zero-order chi connectivity index (χ0) is 13.6. The van der Waals surface area contributed by atoms with Crippen LogP contribution in [0.4, 0.5) is 0 Å². The molecule has 0 bridgehead atoms. The van der Waals surface area contributed by atoms with E-state index in [-0.39, 0.29) is 12.1 Å². The molecular formula is C16H26O2. The average molecular weight is 250 g/mol. The van der Waals surface area contributed by atoms with Crippen molar-refractivity contribution in [3.05, 3.63) is 12.2 Å². The van der Waals surface area contributed by atoms with Crippen LogP contribution in [0.2, 0.25) is 0 Å². The molecule has 0 aromatic rings. The first-order valence-corrected chi connectivity index (χ1v) is 7.11. The third-order valence-corrected chi connectivity index (χ3v) is 5.55. The van der Waals surface area contributed by atoms with E-state index in [0.717, 1.165) is 12.3 Å². The lowest BCUT2D eigenvalue weighted by atomic mass is 9.71. The number of ether oxygens (including phenoxy) is 1. The fourth-order valence-electron chi connectivity index (χ4n) is 3.70. The van der Waals surface area contributed by atoms with Crippen molar-refractivity contribution in [2.24, 2.45) is 22.7 Å². The van der Waals surface area contributed by atoms with Crippen LogP contribution in [0, 0.1) is 22.7 Å². The number of esters is 1. The van der Waals surface area contributed by atoms with Gasteiger partial charge < -0.3 is 4.74 Å². The van der Waals surface area contributed by atoms with Gasteiger partial charge in [0.25, 0.3) is 0 Å². The second-order valence-corrected chi connectivity index (χ2v) is 6.97. The smallest absolute Gasteiger partial charge is 0.302 e. The molecule has 0 heterocycles. The Bertz CT molecular complexity index is 369. The molecule has 2 fully saturated rings. The van der Waals surface area contributed by atoms with Crippen LogP contribution < -0.4 is 0 Å². The number of carbonyl (C=O) groups is 1. The lowest BCUT2D eigenvalue weighted by Gasteiger charge is -2.33. The molecule has 0 radical (unpaired) electrons. The summed E-state index contributed by atoms with van der Waals surface area (Å²) in [6.07, 6.45) is 8.13. The van der Waals surface area contributed by atoms with Crippen molar-refractivity contribution in [1.82, 2.24) is 0 Å². The summed E-state index contributed by atoms with van der Waals surface area (Å²) >= 11 is 0. The van der Waals surface area contributed by atoms with E-state index in [2.05, 4.69) is 32.9 Å². The molecule has 0 amide bonds. The molecule has 2 rings (SSSR count). The van der Waals surface area contributed by atoms with Gasteiger partial charge in [-0.3, -0.25) is 4.79 Å². The van der Waals surface area contributed by atoms with Gasteiger partial charge in [0.15, 0.2) is 0 Å². The molecule has 2 nitrogen and oxygen atoms in total. The maximum Gasteiger partial charge on any atom is 0.302 e. The van der Waals surface area contributed by atoms with Crippen LogP contribution in [0.1, 0.15) is 53.9 Å². The average Bonchev–Trinajstić information content (AvgIpc) is 2.83. The molecule has 4 unspecified atom stereocenters. The summed E-state index contributed by atoms with van der Waals surface area (Å²) < 4.78 is 5.13. The van der Waals surface area contributed by atoms with Gasteiger partial charge in [-0.2, -0.15) is 0 Å². The first-order chi connectivity index (χ1) is 8.27. The summed E-state index contributed by atoms with van der Waals surface area (Å²) in [6, 6.07) is 0. The van der Waals surface area contributed by atoms with Gasteiger partial charge in [-0.25, -0.2) is 0 Å². The highest BCUT2D eigenvalue weighted by molar-refractivity contribution is 5.66. The molecular weight excluding hydrogens is 224 g/mol. The Balaban J connectivity index is 1.86. The monoisotopic (exact) mass is 250 g/mol. The summed E-state index contributed by atoms with van der Waals surface area (Å²) in [5.74, 6) is 1.43. The Morgan fingerprint density at radius 2 is 2.11 bits per heavy atom. The minimum Gasteiger partial charge on any atom is -0.463 e. The van der Waals surface area contributed by atoms with Crippen LogP contribution >= 0.6 is 0 Å². The first-order valence-electron chi connectivity index (χ1n) is 7.11. The van der Waals surface area contributed by atoms with Crippen LogP contribution in [-0.4, -0.2) is 12.1 Å². The second-order valence-electron chi connectivity index (χ2n) is 6.97. The summed E-state index contributed by atoms with van der Waals surface area (Å²) in [4.78, 5) is 10.8. The largest absolute Gasteiger partial charge is 0.463 e. The molecule has 2 aliphatic rings. The number of fused-ring (bicyclic) bond motifs is 1. The standard InChI is InChI=1S/C16H26O2/c1-11(18-12(2)17)7-6-8-13-9-14-10-16(14,5)15(13,3)4/h6,8,11,13-14H,7,9-10H2,1-5H3. The van der Waals surface area contributed by atoms with Crippen LogP contribution in [0.25, 0.3) is 0 Å². The molecule has 102 valence electrons. The number of hydrogen-bond donors (Lipinski definition) is 0. The minimum absolute atomic E-state index is 0.00612. The van der Waals surface area contributed by atoms with E-state index in [0.29, 0.717) is 16.7 Å². The third kappa shape index (κ3) is 2.22. The van der Waals surface area contributed by atoms with Crippen molar-refractivity contribution in [3.63, 3.8) is 0 Å². The Morgan fingerprint density at radius 3 is 2.61 bits per heavy atom. The van der Waals surface area contributed by atoms with E-state index in [9.17, 15) is 4.79 Å². The Hall–Kier alpha value is -0.790. The van der Waals surface area contributed by atoms with Crippen molar-refractivity contribution < 1.29 is 9.53 Å². The van der Waals surface area contributed by atoms with Gasteiger partial charge in [-0.05, 0) is 42.4 Å². The Morgan fingerprint density at radius 1 is 1.44 bits per heavy atom. The molecule has 2 saturated carbocycles. The zero-order valence-electron chi connectivity index (χ0n) is 12.3. The normalized spacial score (nSPS) is 38.5. The fraction of sp³-hybridized carbons (Fsp3) is 0.812. The van der Waals surface area contributed by atoms with Gasteiger partial charge >= 0.3 is 5.97 Å². The fourth-order valence-corrected chi connectivity index (χ4v) is 3.70. The highest BCUT2D eigenvalue weighted by atomic mass is 16.5. The second kappa shape index (κ2) is 4.40. The van der Waals surface area contributed by atoms with Crippen LogP contribution in [0.3, 0.4) is 0 Å². The molecule has 0 saturated heterocycles. The van der Waals surface area contributed by atoms with Gasteiger partial charge in [-0.15, -0.1) is 0 Å². The maximum absolute atomic E-state index is 10.8. The van der Waals surface area contributed by atoms with Crippen molar-refractivity contribution in [1.29, 1.82) is 0 Å². The van der Waals surface area contributed by atoms with Gasteiger partial charge in [-0.1, -0.05) is 32.9 Å². The van der Waals surface area contributed by atoms with E-state index in [1.54, 1.807) is 0 Å². The highest BCUT2D eigenvalue weighted by Gasteiger charge is 2.66. The molecule has 2 aliphatic carbocycles. The van der Waals surface area contributed by atoms with Gasteiger partial charge in [0.2, 0.25) is 0 Å². The molecule has 0 aliphatic heterocycles. The third-order valence-electron chi connectivity index (χ3n) is 5.55. The predicted octanol–water partition coefficient (Wildman–Crippen LogP) is 3.96. The summed E-state index contributed by atoms with van der Waals surface area (Å²) in [5.41, 5.74) is 0.988. The van der Waals surface area contributed by atoms with E-state index >= 15 is 0 Å². The van der Waals surface area contributed by atoms with Gasteiger partial charge in [0.1, 0.15) is 6.10 Å². The van der Waals surface area contributed by atoms with Crippen molar-refractivity contribution in [3.8, 4) is 0 Å². The highest BCUT2D eigenvalue weighted by Crippen LogP contribution is 2.74. The van der Waals surface area contributed by atoms with Crippen LogP contribution in [-0.2, 0) is 9.53 Å². The SMILES string of the molecule is CC(=O)OC(C)CC=CC1CC2CC2(C)C1(C)C. The number of allylic oxidation sites excluding steroid dienone is 1. The molecule has 0 aromatic carbocycles. The Labute approximate surface area is 111 Å². The number of hydrogen-bond acceptors (Lipinski definition) is 2. The van der Waals surface area contributed by atoms with E-state index in [4.69, 9.17) is 4.74 Å². The van der Waals surface area contributed by atoms with Gasteiger partial charge in [0, 0.05) is 13.3 Å². The quantitative estimate of drug-likeness (QED) is 0.557. The predicted molar refractivity (Wildman–Crippen MR) is 73.1 cm³/mol. The first kappa shape index (κ1) is 13.6. The minimum atomic E-state index is -0.189. The lowest BCUT2D eigenvalue weighted by Crippen LogP contribution is -2.26. The van der Waals surface area contributed by atoms with E-state index in [1.165, 1.54) is 19.8 Å². The zero-order valence-corrected chi connectivity index (χ0v) is 12.3. The molecule has 0 aromatic heterocycles. The van der Waals surface area contributed by atoms with E-state index in [1.807, 2.05) is 6.92 Å². The molecule has 2 heteroatoms.